The Kier molecular flexibility index (Phi) is 6.99. The first-order chi connectivity index (χ1) is 14.3. The van der Waals surface area contributed by atoms with Gasteiger partial charge >= 0.3 is 12.1 Å². The lowest BCUT2D eigenvalue weighted by atomic mass is 10.1. The second kappa shape index (κ2) is 9.48. The van der Waals surface area contributed by atoms with Crippen LogP contribution < -0.4 is 4.74 Å². The Hall–Kier alpha value is -2.59. The van der Waals surface area contributed by atoms with Crippen molar-refractivity contribution in [3.8, 4) is 5.75 Å². The summed E-state index contributed by atoms with van der Waals surface area (Å²) in [5, 5.41) is 4.11. The maximum absolute atomic E-state index is 12.8. The molecule has 0 N–H and O–H groups in total. The topological polar surface area (TPSA) is 59.1 Å². The van der Waals surface area contributed by atoms with E-state index in [0.29, 0.717) is 26.2 Å². The highest BCUT2D eigenvalue weighted by molar-refractivity contribution is 7.07. The van der Waals surface area contributed by atoms with Crippen LogP contribution in [-0.4, -0.2) is 61.6 Å². The standard InChI is InChI=1S/C20H21F3N2O4S/c1-28-17-10-15(20(21,22)23)2-3-16(17)19(27)29-12-18(26)25-7-5-24(6-8-25)11-14-4-9-30-13-14/h2-4,9-10,13H,5-8,11-12H2,1H3. The molecule has 1 saturated heterocycles. The molecule has 162 valence electrons. The minimum Gasteiger partial charge on any atom is -0.496 e. The minimum atomic E-state index is -4.56. The summed E-state index contributed by atoms with van der Waals surface area (Å²) in [5.74, 6) is -1.52. The number of carbonyl (C=O) groups is 2. The Morgan fingerprint density at radius 3 is 2.47 bits per heavy atom. The number of methoxy groups -OCH3 is 1. The van der Waals surface area contributed by atoms with Crippen molar-refractivity contribution < 1.29 is 32.2 Å². The number of esters is 1. The molecule has 0 bridgehead atoms. The van der Waals surface area contributed by atoms with Crippen LogP contribution in [0.5, 0.6) is 5.75 Å². The van der Waals surface area contributed by atoms with Crippen molar-refractivity contribution in [1.29, 1.82) is 0 Å². The number of carbonyl (C=O) groups excluding carboxylic acids is 2. The average Bonchev–Trinajstić information content (AvgIpc) is 3.24. The first-order valence-electron chi connectivity index (χ1n) is 9.21. The summed E-state index contributed by atoms with van der Waals surface area (Å²) in [5.41, 5.74) is 0.130. The molecule has 1 aromatic heterocycles. The van der Waals surface area contributed by atoms with E-state index in [4.69, 9.17) is 9.47 Å². The zero-order chi connectivity index (χ0) is 21.7. The number of benzene rings is 1. The van der Waals surface area contributed by atoms with Crippen molar-refractivity contribution >= 4 is 23.2 Å². The van der Waals surface area contributed by atoms with E-state index < -0.39 is 24.3 Å². The van der Waals surface area contributed by atoms with E-state index in [9.17, 15) is 22.8 Å². The van der Waals surface area contributed by atoms with Gasteiger partial charge in [-0.15, -0.1) is 0 Å². The van der Waals surface area contributed by atoms with Gasteiger partial charge in [0.05, 0.1) is 12.7 Å². The fraction of sp³-hybridized carbons (Fsp3) is 0.400. The van der Waals surface area contributed by atoms with Crippen LogP contribution in [0.2, 0.25) is 0 Å². The summed E-state index contributed by atoms with van der Waals surface area (Å²) >= 11 is 1.64. The number of thiophene rings is 1. The quantitative estimate of drug-likeness (QED) is 0.643. The molecule has 3 rings (SSSR count). The fourth-order valence-corrected chi connectivity index (χ4v) is 3.79. The van der Waals surface area contributed by atoms with Crippen molar-refractivity contribution in [2.45, 2.75) is 12.7 Å². The number of amides is 1. The summed E-state index contributed by atoms with van der Waals surface area (Å²) in [6.07, 6.45) is -4.56. The molecular weight excluding hydrogens is 421 g/mol. The third-order valence-electron chi connectivity index (χ3n) is 4.79. The Bertz CT molecular complexity index is 879. The molecule has 0 spiro atoms. The number of alkyl halides is 3. The summed E-state index contributed by atoms with van der Waals surface area (Å²) in [4.78, 5) is 28.4. The van der Waals surface area contributed by atoms with Gasteiger partial charge in [-0.05, 0) is 40.6 Å². The number of hydrogen-bond donors (Lipinski definition) is 0. The summed E-state index contributed by atoms with van der Waals surface area (Å²) < 4.78 is 48.3. The number of nitrogens with zero attached hydrogens (tertiary/aromatic N) is 2. The fourth-order valence-electron chi connectivity index (χ4n) is 3.13. The van der Waals surface area contributed by atoms with E-state index in [0.717, 1.165) is 31.9 Å². The lowest BCUT2D eigenvalue weighted by molar-refractivity contribution is -0.137. The average molecular weight is 442 g/mol. The Morgan fingerprint density at radius 2 is 1.87 bits per heavy atom. The van der Waals surface area contributed by atoms with Crippen LogP contribution in [0.1, 0.15) is 21.5 Å². The van der Waals surface area contributed by atoms with E-state index in [1.165, 1.54) is 5.56 Å². The van der Waals surface area contributed by atoms with Crippen LogP contribution in [0, 0.1) is 0 Å². The SMILES string of the molecule is COc1cc(C(F)(F)F)ccc1C(=O)OCC(=O)N1CCN(Cc2ccsc2)CC1. The largest absolute Gasteiger partial charge is 0.496 e. The molecule has 2 heterocycles. The monoisotopic (exact) mass is 442 g/mol. The normalized spacial score (nSPS) is 15.1. The molecule has 2 aromatic rings. The van der Waals surface area contributed by atoms with E-state index in [-0.39, 0.29) is 17.2 Å². The van der Waals surface area contributed by atoms with E-state index in [2.05, 4.69) is 16.3 Å². The second-order valence-electron chi connectivity index (χ2n) is 6.78. The van der Waals surface area contributed by atoms with Crippen molar-refractivity contribution in [3.63, 3.8) is 0 Å². The maximum Gasteiger partial charge on any atom is 0.416 e. The van der Waals surface area contributed by atoms with Gasteiger partial charge < -0.3 is 14.4 Å². The highest BCUT2D eigenvalue weighted by atomic mass is 32.1. The van der Waals surface area contributed by atoms with Gasteiger partial charge in [-0.25, -0.2) is 4.79 Å². The maximum atomic E-state index is 12.8. The lowest BCUT2D eigenvalue weighted by Crippen LogP contribution is -2.49. The summed E-state index contributed by atoms with van der Waals surface area (Å²) in [6.45, 7) is 2.81. The van der Waals surface area contributed by atoms with Gasteiger partial charge in [0.2, 0.25) is 0 Å². The van der Waals surface area contributed by atoms with E-state index >= 15 is 0 Å². The van der Waals surface area contributed by atoms with Crippen LogP contribution in [0.4, 0.5) is 13.2 Å². The second-order valence-corrected chi connectivity index (χ2v) is 7.56. The minimum absolute atomic E-state index is 0.168. The molecule has 0 radical (unpaired) electrons. The van der Waals surface area contributed by atoms with Gasteiger partial charge in [0, 0.05) is 32.7 Å². The zero-order valence-corrected chi connectivity index (χ0v) is 17.1. The predicted octanol–water partition coefficient (Wildman–Crippen LogP) is 3.28. The van der Waals surface area contributed by atoms with E-state index in [1.807, 2.05) is 5.38 Å². The number of ether oxygens (including phenoxy) is 2. The van der Waals surface area contributed by atoms with Gasteiger partial charge in [-0.3, -0.25) is 9.69 Å². The Morgan fingerprint density at radius 1 is 1.13 bits per heavy atom. The highest BCUT2D eigenvalue weighted by Gasteiger charge is 2.32. The molecular formula is C20H21F3N2O4S. The van der Waals surface area contributed by atoms with Crippen molar-refractivity contribution in [2.24, 2.45) is 0 Å². The number of piperazine rings is 1. The molecule has 1 aromatic carbocycles. The van der Waals surface area contributed by atoms with Gasteiger partial charge in [0.1, 0.15) is 11.3 Å². The molecule has 30 heavy (non-hydrogen) atoms. The third-order valence-corrected chi connectivity index (χ3v) is 5.52. The van der Waals surface area contributed by atoms with Crippen molar-refractivity contribution in [1.82, 2.24) is 9.80 Å². The Balaban J connectivity index is 1.50. The molecule has 1 fully saturated rings. The summed E-state index contributed by atoms with van der Waals surface area (Å²) in [6, 6.07) is 4.55. The van der Waals surface area contributed by atoms with Crippen LogP contribution in [0.15, 0.2) is 35.0 Å². The molecule has 1 aliphatic heterocycles. The third kappa shape index (κ3) is 5.51. The van der Waals surface area contributed by atoms with Crippen LogP contribution in [-0.2, 0) is 22.3 Å². The lowest BCUT2D eigenvalue weighted by Gasteiger charge is -2.34. The first-order valence-corrected chi connectivity index (χ1v) is 10.2. The summed E-state index contributed by atoms with van der Waals surface area (Å²) in [7, 11) is 1.16. The smallest absolute Gasteiger partial charge is 0.416 e. The zero-order valence-electron chi connectivity index (χ0n) is 16.3. The van der Waals surface area contributed by atoms with Gasteiger partial charge in [-0.1, -0.05) is 0 Å². The molecule has 0 atom stereocenters. The highest BCUT2D eigenvalue weighted by Crippen LogP contribution is 2.33. The number of halogens is 3. The molecule has 0 unspecified atom stereocenters. The van der Waals surface area contributed by atoms with Crippen LogP contribution in [0.3, 0.4) is 0 Å². The number of hydrogen-bond acceptors (Lipinski definition) is 6. The molecule has 0 saturated carbocycles. The van der Waals surface area contributed by atoms with Crippen molar-refractivity contribution in [2.75, 3.05) is 39.9 Å². The number of rotatable bonds is 6. The van der Waals surface area contributed by atoms with Gasteiger partial charge in [-0.2, -0.15) is 24.5 Å². The molecule has 10 heteroatoms. The molecule has 6 nitrogen and oxygen atoms in total. The molecule has 1 amide bonds. The van der Waals surface area contributed by atoms with Crippen LogP contribution in [0.25, 0.3) is 0 Å². The van der Waals surface area contributed by atoms with Crippen molar-refractivity contribution in [3.05, 3.63) is 51.7 Å². The Labute approximate surface area is 175 Å². The molecule has 1 aliphatic rings. The predicted molar refractivity (Wildman–Crippen MR) is 104 cm³/mol. The van der Waals surface area contributed by atoms with E-state index in [1.54, 1.807) is 16.2 Å². The molecule has 0 aliphatic carbocycles. The first kappa shape index (κ1) is 22.1. The van der Waals surface area contributed by atoms with Crippen LogP contribution >= 0.6 is 11.3 Å². The van der Waals surface area contributed by atoms with Gasteiger partial charge in [0.25, 0.3) is 5.91 Å². The van der Waals surface area contributed by atoms with Gasteiger partial charge in [0.15, 0.2) is 6.61 Å².